The van der Waals surface area contributed by atoms with Crippen molar-refractivity contribution in [3.63, 3.8) is 0 Å². The molecule has 1 rings (SSSR count). The van der Waals surface area contributed by atoms with E-state index in [1.54, 1.807) is 6.07 Å². The number of aromatic hydroxyl groups is 1. The third kappa shape index (κ3) is 4.73. The molecule has 0 aliphatic heterocycles. The first-order valence-corrected chi connectivity index (χ1v) is 7.93. The minimum atomic E-state index is 0.134. The monoisotopic (exact) mass is 288 g/mol. The van der Waals surface area contributed by atoms with Crippen LogP contribution in [0.25, 0.3) is 6.08 Å². The number of carbonyl (C=O) groups excluding carboxylic acids is 1. The van der Waals surface area contributed by atoms with Crippen molar-refractivity contribution in [2.24, 2.45) is 5.92 Å². The molecule has 21 heavy (non-hydrogen) atoms. The Labute approximate surface area is 128 Å². The summed E-state index contributed by atoms with van der Waals surface area (Å²) in [4.78, 5) is 12.6. The normalized spacial score (nSPS) is 12.0. The zero-order chi connectivity index (χ0) is 16.0. The number of ketones is 1. The number of Topliss-reactive ketones (excluding diaryl/α,β-unsaturated/α-hetero) is 1. The average Bonchev–Trinajstić information content (AvgIpc) is 2.43. The van der Waals surface area contributed by atoms with Crippen molar-refractivity contribution in [2.45, 2.75) is 60.3 Å². The first-order valence-electron chi connectivity index (χ1n) is 7.93. The van der Waals surface area contributed by atoms with Crippen LogP contribution < -0.4 is 0 Å². The number of hydrogen-bond acceptors (Lipinski definition) is 2. The molecule has 1 aromatic carbocycles. The molecule has 0 saturated carbocycles. The highest BCUT2D eigenvalue weighted by Crippen LogP contribution is 2.26. The van der Waals surface area contributed by atoms with E-state index in [0.29, 0.717) is 5.75 Å². The van der Waals surface area contributed by atoms with Crippen molar-refractivity contribution in [3.05, 3.63) is 34.4 Å². The van der Waals surface area contributed by atoms with E-state index in [1.165, 1.54) is 0 Å². The van der Waals surface area contributed by atoms with Crippen LogP contribution in [0.3, 0.4) is 0 Å². The molecule has 0 atom stereocenters. The second kappa shape index (κ2) is 8.02. The van der Waals surface area contributed by atoms with Crippen molar-refractivity contribution < 1.29 is 9.90 Å². The molecule has 0 unspecified atom stereocenters. The molecule has 1 aromatic rings. The number of allylic oxidation sites excluding steroid dienone is 1. The summed E-state index contributed by atoms with van der Waals surface area (Å²) >= 11 is 0. The Bertz CT molecular complexity index is 521. The van der Waals surface area contributed by atoms with Crippen molar-refractivity contribution in [2.75, 3.05) is 0 Å². The molecule has 1 N–H and O–H groups in total. The summed E-state index contributed by atoms with van der Waals surface area (Å²) in [5.41, 5.74) is 3.55. The molecular weight excluding hydrogens is 260 g/mol. The number of benzene rings is 1. The SMILES string of the molecule is CCCC(CCC)C(=O)/C(C)=C/c1cc(C)cc(O)c1C. The van der Waals surface area contributed by atoms with Gasteiger partial charge in [-0.15, -0.1) is 0 Å². The third-order valence-electron chi connectivity index (χ3n) is 3.97. The van der Waals surface area contributed by atoms with Crippen LogP contribution in [0.5, 0.6) is 5.75 Å². The van der Waals surface area contributed by atoms with Gasteiger partial charge in [0.05, 0.1) is 0 Å². The third-order valence-corrected chi connectivity index (χ3v) is 3.97. The maximum absolute atomic E-state index is 12.6. The van der Waals surface area contributed by atoms with Crippen LogP contribution in [-0.2, 0) is 4.79 Å². The number of phenolic OH excluding ortho intramolecular Hbond substituents is 1. The Morgan fingerprint density at radius 2 is 1.76 bits per heavy atom. The Balaban J connectivity index is 3.06. The maximum atomic E-state index is 12.6. The minimum absolute atomic E-state index is 0.134. The summed E-state index contributed by atoms with van der Waals surface area (Å²) in [5, 5.41) is 9.90. The van der Waals surface area contributed by atoms with E-state index in [9.17, 15) is 9.90 Å². The quantitative estimate of drug-likeness (QED) is 0.700. The standard InChI is InChI=1S/C19H28O2/c1-6-8-16(9-7-2)19(21)14(4)12-17-10-13(3)11-18(20)15(17)5/h10-12,16,20H,6-9H2,1-5H3/b14-12+. The molecule has 0 amide bonds. The molecule has 0 aliphatic carbocycles. The summed E-state index contributed by atoms with van der Waals surface area (Å²) in [6.45, 7) is 9.97. The summed E-state index contributed by atoms with van der Waals surface area (Å²) in [6.07, 6.45) is 5.90. The van der Waals surface area contributed by atoms with E-state index in [0.717, 1.165) is 47.9 Å². The fourth-order valence-corrected chi connectivity index (χ4v) is 2.75. The number of hydrogen-bond donors (Lipinski definition) is 1. The summed E-state index contributed by atoms with van der Waals surface area (Å²) in [6, 6.07) is 3.77. The van der Waals surface area contributed by atoms with Crippen molar-refractivity contribution in [1.82, 2.24) is 0 Å². The van der Waals surface area contributed by atoms with E-state index < -0.39 is 0 Å². The van der Waals surface area contributed by atoms with Gasteiger partial charge in [0.15, 0.2) is 5.78 Å². The van der Waals surface area contributed by atoms with Gasteiger partial charge >= 0.3 is 0 Å². The molecule has 2 heteroatoms. The molecule has 116 valence electrons. The molecule has 0 heterocycles. The molecule has 0 aliphatic rings. The van der Waals surface area contributed by atoms with Gasteiger partial charge in [-0.2, -0.15) is 0 Å². The smallest absolute Gasteiger partial charge is 0.161 e. The van der Waals surface area contributed by atoms with Crippen LogP contribution >= 0.6 is 0 Å². The topological polar surface area (TPSA) is 37.3 Å². The molecule has 0 bridgehead atoms. The highest BCUT2D eigenvalue weighted by molar-refractivity contribution is 6.00. The van der Waals surface area contributed by atoms with E-state index >= 15 is 0 Å². The van der Waals surface area contributed by atoms with Gasteiger partial charge in [0.1, 0.15) is 5.75 Å². The van der Waals surface area contributed by atoms with Crippen LogP contribution in [0.1, 0.15) is 63.1 Å². The second-order valence-electron chi connectivity index (χ2n) is 5.96. The van der Waals surface area contributed by atoms with Gasteiger partial charge in [0, 0.05) is 5.92 Å². The van der Waals surface area contributed by atoms with E-state index in [1.807, 2.05) is 32.9 Å². The lowest BCUT2D eigenvalue weighted by Gasteiger charge is -2.15. The average molecular weight is 288 g/mol. The van der Waals surface area contributed by atoms with Gasteiger partial charge in [-0.3, -0.25) is 4.79 Å². The van der Waals surface area contributed by atoms with Gasteiger partial charge in [-0.25, -0.2) is 0 Å². The molecule has 2 nitrogen and oxygen atoms in total. The Hall–Kier alpha value is -1.57. The van der Waals surface area contributed by atoms with Gasteiger partial charge < -0.3 is 5.11 Å². The number of rotatable bonds is 7. The van der Waals surface area contributed by atoms with Crippen LogP contribution in [0.15, 0.2) is 17.7 Å². The highest BCUT2D eigenvalue weighted by Gasteiger charge is 2.18. The lowest BCUT2D eigenvalue weighted by atomic mass is 9.89. The fourth-order valence-electron chi connectivity index (χ4n) is 2.75. The van der Waals surface area contributed by atoms with Gasteiger partial charge in [0.2, 0.25) is 0 Å². The molecule has 0 saturated heterocycles. The number of carbonyl (C=O) groups is 1. The summed E-state index contributed by atoms with van der Waals surface area (Å²) < 4.78 is 0. The van der Waals surface area contributed by atoms with E-state index in [-0.39, 0.29) is 11.7 Å². The number of phenols is 1. The van der Waals surface area contributed by atoms with Crippen LogP contribution in [0.2, 0.25) is 0 Å². The Morgan fingerprint density at radius 1 is 1.19 bits per heavy atom. The molecule has 0 fully saturated rings. The summed E-state index contributed by atoms with van der Waals surface area (Å²) in [7, 11) is 0. The minimum Gasteiger partial charge on any atom is -0.508 e. The first kappa shape index (κ1) is 17.5. The number of aryl methyl sites for hydroxylation is 1. The molecule has 0 spiro atoms. The van der Waals surface area contributed by atoms with Crippen LogP contribution in [0, 0.1) is 19.8 Å². The van der Waals surface area contributed by atoms with E-state index in [4.69, 9.17) is 0 Å². The largest absolute Gasteiger partial charge is 0.508 e. The zero-order valence-corrected chi connectivity index (χ0v) is 14.0. The Kier molecular flexibility index (Phi) is 6.67. The predicted octanol–water partition coefficient (Wildman–Crippen LogP) is 5.20. The van der Waals surface area contributed by atoms with Gasteiger partial charge in [-0.1, -0.05) is 32.8 Å². The van der Waals surface area contributed by atoms with E-state index in [2.05, 4.69) is 13.8 Å². The lowest BCUT2D eigenvalue weighted by molar-refractivity contribution is -0.119. The summed E-state index contributed by atoms with van der Waals surface area (Å²) in [5.74, 6) is 0.675. The van der Waals surface area contributed by atoms with Gasteiger partial charge in [0.25, 0.3) is 0 Å². The second-order valence-corrected chi connectivity index (χ2v) is 5.96. The zero-order valence-electron chi connectivity index (χ0n) is 14.0. The lowest BCUT2D eigenvalue weighted by Crippen LogP contribution is -2.15. The molecule has 0 aromatic heterocycles. The van der Waals surface area contributed by atoms with Crippen LogP contribution in [-0.4, -0.2) is 10.9 Å². The Morgan fingerprint density at radius 3 is 2.29 bits per heavy atom. The van der Waals surface area contributed by atoms with Crippen molar-refractivity contribution in [1.29, 1.82) is 0 Å². The van der Waals surface area contributed by atoms with Crippen molar-refractivity contribution >= 4 is 11.9 Å². The first-order chi connectivity index (χ1) is 9.90. The fraction of sp³-hybridized carbons (Fsp3) is 0.526. The molecule has 0 radical (unpaired) electrons. The van der Waals surface area contributed by atoms with Gasteiger partial charge in [-0.05, 0) is 68.0 Å². The van der Waals surface area contributed by atoms with Crippen LogP contribution in [0.4, 0.5) is 0 Å². The van der Waals surface area contributed by atoms with Crippen molar-refractivity contribution in [3.8, 4) is 5.75 Å². The molecular formula is C19H28O2. The maximum Gasteiger partial charge on any atom is 0.161 e. The highest BCUT2D eigenvalue weighted by atomic mass is 16.3. The predicted molar refractivity (Wildman–Crippen MR) is 89.5 cm³/mol.